The Balaban J connectivity index is 1.66. The molecule has 1 N–H and O–H groups in total. The average Bonchev–Trinajstić information content (AvgIpc) is 2.90. The lowest BCUT2D eigenvalue weighted by Crippen LogP contribution is -2.33. The lowest BCUT2D eigenvalue weighted by Gasteiger charge is -2.16. The van der Waals surface area contributed by atoms with Crippen LogP contribution in [0, 0.1) is 0 Å². The largest absolute Gasteiger partial charge is 0.494 e. The van der Waals surface area contributed by atoms with Gasteiger partial charge in [0.1, 0.15) is 10.1 Å². The van der Waals surface area contributed by atoms with Gasteiger partial charge >= 0.3 is 0 Å². The van der Waals surface area contributed by atoms with Gasteiger partial charge in [0.2, 0.25) is 0 Å². The molecule has 1 fully saturated rings. The molecule has 0 bridgehead atoms. The number of carbonyl (C=O) groups excluding carboxylic acids is 1. The smallest absolute Gasteiger partial charge is 0.267 e. The molecule has 1 aliphatic heterocycles. The number of amides is 1. The van der Waals surface area contributed by atoms with Gasteiger partial charge in [-0.1, -0.05) is 47.7 Å². The molecule has 0 aromatic heterocycles. The summed E-state index contributed by atoms with van der Waals surface area (Å²) in [6.45, 7) is 2.88. The molecule has 7 heteroatoms. The molecular formula is C19H17ClN2O2S2. The Morgan fingerprint density at radius 3 is 2.54 bits per heavy atom. The first-order chi connectivity index (χ1) is 12.6. The van der Waals surface area contributed by atoms with E-state index >= 15 is 0 Å². The number of nitrogens with one attached hydrogen (secondary N) is 1. The van der Waals surface area contributed by atoms with Crippen molar-refractivity contribution in [2.45, 2.75) is 6.92 Å². The molecular weight excluding hydrogens is 388 g/mol. The molecule has 1 saturated heterocycles. The summed E-state index contributed by atoms with van der Waals surface area (Å²) in [4.78, 5) is 14.8. The van der Waals surface area contributed by atoms with Crippen molar-refractivity contribution in [2.24, 2.45) is 0 Å². The van der Waals surface area contributed by atoms with Gasteiger partial charge in [0.15, 0.2) is 0 Å². The molecule has 4 nitrogen and oxygen atoms in total. The minimum absolute atomic E-state index is 0.102. The Labute approximate surface area is 167 Å². The molecule has 1 aliphatic rings. The summed E-state index contributed by atoms with van der Waals surface area (Å²) in [7, 11) is 0. The molecule has 2 aromatic carbocycles. The van der Waals surface area contributed by atoms with Crippen LogP contribution in [0.15, 0.2) is 53.4 Å². The van der Waals surface area contributed by atoms with Gasteiger partial charge in [-0.2, -0.15) is 0 Å². The van der Waals surface area contributed by atoms with Gasteiger partial charge in [-0.05, 0) is 55.0 Å². The molecule has 1 heterocycles. The second-order valence-corrected chi connectivity index (χ2v) is 7.57. The maximum Gasteiger partial charge on any atom is 0.267 e. The minimum Gasteiger partial charge on any atom is -0.494 e. The van der Waals surface area contributed by atoms with Crippen molar-refractivity contribution in [1.29, 1.82) is 0 Å². The van der Waals surface area contributed by atoms with Crippen LogP contribution in [0.1, 0.15) is 12.5 Å². The number of hydrogen-bond acceptors (Lipinski definition) is 5. The lowest BCUT2D eigenvalue weighted by atomic mass is 10.2. The molecule has 0 aliphatic carbocycles. The number of carbonyl (C=O) groups is 1. The molecule has 2 aromatic rings. The van der Waals surface area contributed by atoms with Gasteiger partial charge in [-0.15, -0.1) is 0 Å². The first-order valence-corrected chi connectivity index (χ1v) is 9.65. The van der Waals surface area contributed by atoms with Gasteiger partial charge in [0.25, 0.3) is 5.91 Å². The molecule has 0 spiro atoms. The highest BCUT2D eigenvalue weighted by Gasteiger charge is 2.31. The number of benzene rings is 2. The topological polar surface area (TPSA) is 41.6 Å². The van der Waals surface area contributed by atoms with Gasteiger partial charge in [-0.3, -0.25) is 9.69 Å². The van der Waals surface area contributed by atoms with Gasteiger partial charge < -0.3 is 10.1 Å². The molecule has 0 atom stereocenters. The molecule has 0 unspecified atom stereocenters. The highest BCUT2D eigenvalue weighted by atomic mass is 35.5. The monoisotopic (exact) mass is 404 g/mol. The predicted molar refractivity (Wildman–Crippen MR) is 113 cm³/mol. The summed E-state index contributed by atoms with van der Waals surface area (Å²) in [6.07, 6.45) is 1.84. The quantitative estimate of drug-likeness (QED) is 0.541. The van der Waals surface area contributed by atoms with E-state index in [1.807, 2.05) is 49.4 Å². The third-order valence-electron chi connectivity index (χ3n) is 3.65. The van der Waals surface area contributed by atoms with Gasteiger partial charge in [0.05, 0.1) is 18.2 Å². The summed E-state index contributed by atoms with van der Waals surface area (Å²) >= 11 is 12.5. The number of rotatable bonds is 6. The molecule has 3 rings (SSSR count). The summed E-state index contributed by atoms with van der Waals surface area (Å²) in [5.41, 5.74) is 1.80. The molecule has 0 saturated carbocycles. The van der Waals surface area contributed by atoms with Crippen molar-refractivity contribution < 1.29 is 9.53 Å². The zero-order valence-corrected chi connectivity index (χ0v) is 16.5. The Kier molecular flexibility index (Phi) is 6.19. The Hall–Kier alpha value is -2.02. The number of anilines is 1. The highest BCUT2D eigenvalue weighted by Crippen LogP contribution is 2.32. The van der Waals surface area contributed by atoms with Crippen molar-refractivity contribution in [1.82, 2.24) is 4.90 Å². The van der Waals surface area contributed by atoms with E-state index in [2.05, 4.69) is 5.32 Å². The molecule has 0 radical (unpaired) electrons. The second kappa shape index (κ2) is 8.58. The van der Waals surface area contributed by atoms with Crippen molar-refractivity contribution >= 4 is 57.6 Å². The number of nitrogens with zero attached hydrogens (tertiary/aromatic N) is 1. The van der Waals surface area contributed by atoms with Gasteiger partial charge in [0, 0.05) is 10.7 Å². The maximum atomic E-state index is 12.6. The van der Waals surface area contributed by atoms with E-state index in [9.17, 15) is 4.79 Å². The van der Waals surface area contributed by atoms with Crippen molar-refractivity contribution in [3.63, 3.8) is 0 Å². The van der Waals surface area contributed by atoms with Gasteiger partial charge in [-0.25, -0.2) is 0 Å². The number of halogens is 1. The van der Waals surface area contributed by atoms with Crippen LogP contribution in [0.3, 0.4) is 0 Å². The fraction of sp³-hybridized carbons (Fsp3) is 0.158. The third kappa shape index (κ3) is 4.58. The van der Waals surface area contributed by atoms with Crippen LogP contribution >= 0.6 is 35.6 Å². The molecule has 26 heavy (non-hydrogen) atoms. The molecule has 1 amide bonds. The summed E-state index contributed by atoms with van der Waals surface area (Å²) < 4.78 is 5.96. The van der Waals surface area contributed by atoms with Crippen molar-refractivity contribution in [2.75, 3.05) is 18.6 Å². The van der Waals surface area contributed by atoms with E-state index in [1.165, 1.54) is 11.8 Å². The van der Waals surface area contributed by atoms with E-state index in [0.717, 1.165) is 17.0 Å². The predicted octanol–water partition coefficient (Wildman–Crippen LogP) is 5.01. The number of hydrogen-bond donors (Lipinski definition) is 1. The van der Waals surface area contributed by atoms with E-state index < -0.39 is 0 Å². The maximum absolute atomic E-state index is 12.6. The lowest BCUT2D eigenvalue weighted by molar-refractivity contribution is -0.121. The molecule has 134 valence electrons. The van der Waals surface area contributed by atoms with Crippen LogP contribution in [0.4, 0.5) is 5.69 Å². The Morgan fingerprint density at radius 2 is 1.88 bits per heavy atom. The van der Waals surface area contributed by atoms with Crippen LogP contribution in [-0.2, 0) is 4.79 Å². The zero-order chi connectivity index (χ0) is 18.5. The first-order valence-electron chi connectivity index (χ1n) is 8.04. The van der Waals surface area contributed by atoms with E-state index in [4.69, 9.17) is 28.6 Å². The standard InChI is InChI=1S/C19H17ClN2O2S2/c1-2-24-16-9-3-13(4-10-16)11-17-18(23)22(19(25)26-17)12-21-15-7-5-14(20)6-8-15/h3-11,21H,2,12H2,1H3. The average molecular weight is 405 g/mol. The fourth-order valence-electron chi connectivity index (χ4n) is 2.35. The van der Waals surface area contributed by atoms with E-state index in [1.54, 1.807) is 17.0 Å². The number of ether oxygens (including phenoxy) is 1. The van der Waals surface area contributed by atoms with E-state index in [0.29, 0.717) is 27.5 Å². The van der Waals surface area contributed by atoms with Crippen LogP contribution in [-0.4, -0.2) is 28.4 Å². The third-order valence-corrected chi connectivity index (χ3v) is 5.28. The van der Waals surface area contributed by atoms with Crippen LogP contribution in [0.5, 0.6) is 5.75 Å². The number of thioether (sulfide) groups is 1. The Morgan fingerprint density at radius 1 is 1.19 bits per heavy atom. The summed E-state index contributed by atoms with van der Waals surface area (Å²) in [6, 6.07) is 14.9. The van der Waals surface area contributed by atoms with E-state index in [-0.39, 0.29) is 5.91 Å². The normalized spacial score (nSPS) is 15.6. The first kappa shape index (κ1) is 18.8. The van der Waals surface area contributed by atoms with Crippen LogP contribution in [0.25, 0.3) is 6.08 Å². The fourth-order valence-corrected chi connectivity index (χ4v) is 3.73. The zero-order valence-electron chi connectivity index (χ0n) is 14.1. The van der Waals surface area contributed by atoms with Crippen LogP contribution < -0.4 is 10.1 Å². The summed E-state index contributed by atoms with van der Waals surface area (Å²) in [5, 5.41) is 3.85. The minimum atomic E-state index is -0.102. The SMILES string of the molecule is CCOc1ccc(C=C2SC(=S)N(CNc3ccc(Cl)cc3)C2=O)cc1. The van der Waals surface area contributed by atoms with Crippen LogP contribution in [0.2, 0.25) is 5.02 Å². The second-order valence-electron chi connectivity index (χ2n) is 5.45. The highest BCUT2D eigenvalue weighted by molar-refractivity contribution is 8.26. The summed E-state index contributed by atoms with van der Waals surface area (Å²) in [5.74, 6) is 0.708. The van der Waals surface area contributed by atoms with Crippen molar-refractivity contribution in [3.8, 4) is 5.75 Å². The van der Waals surface area contributed by atoms with Crippen molar-refractivity contribution in [3.05, 3.63) is 64.0 Å². The number of thiocarbonyl (C=S) groups is 1. The Bertz CT molecular complexity index is 836.